The summed E-state index contributed by atoms with van der Waals surface area (Å²) in [5, 5.41) is 4.30. The number of nitrogens with one attached hydrogen (secondary N) is 1. The fraction of sp³-hybridized carbons (Fsp3) is 0.600. The van der Waals surface area contributed by atoms with Crippen LogP contribution < -0.4 is 5.32 Å². The second-order valence-electron chi connectivity index (χ2n) is 5.92. The maximum absolute atomic E-state index is 6.27. The van der Waals surface area contributed by atoms with Gasteiger partial charge in [-0.2, -0.15) is 0 Å². The molecule has 0 radical (unpaired) electrons. The predicted octanol–water partition coefficient (Wildman–Crippen LogP) is 3.95. The Kier molecular flexibility index (Phi) is 4.31. The molecule has 1 aromatic rings. The molecule has 1 fully saturated rings. The Bertz CT molecular complexity index is 396. The van der Waals surface area contributed by atoms with E-state index in [-0.39, 0.29) is 11.7 Å². The lowest BCUT2D eigenvalue weighted by Crippen LogP contribution is -2.31. The molecule has 1 saturated carbocycles. The van der Waals surface area contributed by atoms with E-state index in [1.165, 1.54) is 12.8 Å². The summed E-state index contributed by atoms with van der Waals surface area (Å²) < 4.78 is 6.14. The quantitative estimate of drug-likeness (QED) is 0.872. The maximum atomic E-state index is 6.27. The highest BCUT2D eigenvalue weighted by molar-refractivity contribution is 6.31. The van der Waals surface area contributed by atoms with Crippen LogP contribution in [0.3, 0.4) is 0 Å². The van der Waals surface area contributed by atoms with Crippen LogP contribution in [-0.4, -0.2) is 18.2 Å². The standard InChI is InChI=1S/C15H22ClNO/c1-15(2,3)18-14(10-17-11-8-9-11)12-6-4-5-7-13(12)16/h4-7,11,14,17H,8-10H2,1-3H3. The molecule has 2 nitrogen and oxygen atoms in total. The minimum Gasteiger partial charge on any atom is -0.367 e. The fourth-order valence-electron chi connectivity index (χ4n) is 1.94. The highest BCUT2D eigenvalue weighted by Gasteiger charge is 2.26. The summed E-state index contributed by atoms with van der Waals surface area (Å²) >= 11 is 6.27. The highest BCUT2D eigenvalue weighted by Crippen LogP contribution is 2.30. The molecule has 3 heteroatoms. The van der Waals surface area contributed by atoms with Gasteiger partial charge in [0.15, 0.2) is 0 Å². The molecule has 1 aromatic carbocycles. The molecule has 0 spiro atoms. The van der Waals surface area contributed by atoms with Gasteiger partial charge >= 0.3 is 0 Å². The Morgan fingerprint density at radius 3 is 2.56 bits per heavy atom. The lowest BCUT2D eigenvalue weighted by Gasteiger charge is -2.28. The van der Waals surface area contributed by atoms with Crippen LogP contribution >= 0.6 is 11.6 Å². The Balaban J connectivity index is 2.09. The van der Waals surface area contributed by atoms with Gasteiger partial charge in [0.2, 0.25) is 0 Å². The smallest absolute Gasteiger partial charge is 0.0970 e. The zero-order chi connectivity index (χ0) is 13.2. The van der Waals surface area contributed by atoms with Crippen molar-refractivity contribution < 1.29 is 4.74 Å². The van der Waals surface area contributed by atoms with Crippen molar-refractivity contribution in [3.05, 3.63) is 34.9 Å². The van der Waals surface area contributed by atoms with E-state index in [1.807, 2.05) is 24.3 Å². The normalized spacial score (nSPS) is 17.8. The van der Waals surface area contributed by atoms with Crippen LogP contribution in [0.2, 0.25) is 5.02 Å². The zero-order valence-electron chi connectivity index (χ0n) is 11.4. The van der Waals surface area contributed by atoms with Gasteiger partial charge < -0.3 is 10.1 Å². The Morgan fingerprint density at radius 2 is 2.00 bits per heavy atom. The number of rotatable bonds is 5. The fourth-order valence-corrected chi connectivity index (χ4v) is 2.20. The molecular weight excluding hydrogens is 246 g/mol. The first kappa shape index (κ1) is 13.9. The van der Waals surface area contributed by atoms with E-state index in [9.17, 15) is 0 Å². The molecule has 100 valence electrons. The van der Waals surface area contributed by atoms with Gasteiger partial charge in [-0.15, -0.1) is 0 Å². The van der Waals surface area contributed by atoms with Crippen molar-refractivity contribution in [1.82, 2.24) is 5.32 Å². The van der Waals surface area contributed by atoms with E-state index >= 15 is 0 Å². The van der Waals surface area contributed by atoms with Crippen LogP contribution in [-0.2, 0) is 4.74 Å². The topological polar surface area (TPSA) is 21.3 Å². The average Bonchev–Trinajstić information content (AvgIpc) is 3.07. The molecular formula is C15H22ClNO. The van der Waals surface area contributed by atoms with Gasteiger partial charge in [0.25, 0.3) is 0 Å². The molecule has 0 aromatic heterocycles. The van der Waals surface area contributed by atoms with Gasteiger partial charge in [-0.25, -0.2) is 0 Å². The number of ether oxygens (including phenoxy) is 1. The largest absolute Gasteiger partial charge is 0.367 e. The third-order valence-electron chi connectivity index (χ3n) is 2.92. The number of halogens is 1. The van der Waals surface area contributed by atoms with Gasteiger partial charge in [0, 0.05) is 23.2 Å². The molecule has 1 aliphatic rings. The van der Waals surface area contributed by atoms with Gasteiger partial charge in [-0.3, -0.25) is 0 Å². The summed E-state index contributed by atoms with van der Waals surface area (Å²) in [5.41, 5.74) is 0.900. The first-order valence-electron chi connectivity index (χ1n) is 6.61. The van der Waals surface area contributed by atoms with Crippen molar-refractivity contribution >= 4 is 11.6 Å². The molecule has 0 amide bonds. The van der Waals surface area contributed by atoms with Crippen molar-refractivity contribution in [3.63, 3.8) is 0 Å². The molecule has 2 rings (SSSR count). The molecule has 0 heterocycles. The SMILES string of the molecule is CC(C)(C)OC(CNC1CC1)c1ccccc1Cl. The Hall–Kier alpha value is -0.570. The van der Waals surface area contributed by atoms with E-state index in [4.69, 9.17) is 16.3 Å². The minimum absolute atomic E-state index is 0.0132. The van der Waals surface area contributed by atoms with E-state index in [2.05, 4.69) is 26.1 Å². The molecule has 0 aliphatic heterocycles. The van der Waals surface area contributed by atoms with Crippen LogP contribution in [0.25, 0.3) is 0 Å². The van der Waals surface area contributed by atoms with Crippen molar-refractivity contribution in [2.75, 3.05) is 6.54 Å². The summed E-state index contributed by atoms with van der Waals surface area (Å²) in [5.74, 6) is 0. The predicted molar refractivity (Wildman–Crippen MR) is 76.1 cm³/mol. The van der Waals surface area contributed by atoms with Crippen LogP contribution in [0.15, 0.2) is 24.3 Å². The third-order valence-corrected chi connectivity index (χ3v) is 3.26. The number of hydrogen-bond acceptors (Lipinski definition) is 2. The van der Waals surface area contributed by atoms with E-state index < -0.39 is 0 Å². The number of hydrogen-bond donors (Lipinski definition) is 1. The summed E-state index contributed by atoms with van der Waals surface area (Å²) in [6, 6.07) is 8.62. The molecule has 0 bridgehead atoms. The van der Waals surface area contributed by atoms with E-state index in [0.29, 0.717) is 6.04 Å². The molecule has 0 saturated heterocycles. The minimum atomic E-state index is -0.172. The summed E-state index contributed by atoms with van der Waals surface area (Å²) in [6.45, 7) is 7.06. The van der Waals surface area contributed by atoms with Crippen molar-refractivity contribution in [1.29, 1.82) is 0 Å². The highest BCUT2D eigenvalue weighted by atomic mass is 35.5. The first-order valence-corrected chi connectivity index (χ1v) is 6.99. The number of benzene rings is 1. The first-order chi connectivity index (χ1) is 8.46. The average molecular weight is 268 g/mol. The second kappa shape index (κ2) is 5.60. The van der Waals surface area contributed by atoms with Gasteiger partial charge in [0.05, 0.1) is 11.7 Å². The van der Waals surface area contributed by atoms with E-state index in [0.717, 1.165) is 17.1 Å². The zero-order valence-corrected chi connectivity index (χ0v) is 12.1. The van der Waals surface area contributed by atoms with Crippen LogP contribution in [0.4, 0.5) is 0 Å². The lowest BCUT2D eigenvalue weighted by atomic mass is 10.1. The second-order valence-corrected chi connectivity index (χ2v) is 6.33. The van der Waals surface area contributed by atoms with Crippen LogP contribution in [0, 0.1) is 0 Å². The van der Waals surface area contributed by atoms with Gasteiger partial charge in [0.1, 0.15) is 0 Å². The van der Waals surface area contributed by atoms with Crippen molar-refractivity contribution in [2.45, 2.75) is 51.4 Å². The van der Waals surface area contributed by atoms with E-state index in [1.54, 1.807) is 0 Å². The monoisotopic (exact) mass is 267 g/mol. The van der Waals surface area contributed by atoms with Crippen LogP contribution in [0.5, 0.6) is 0 Å². The van der Waals surface area contributed by atoms with Crippen LogP contribution in [0.1, 0.15) is 45.3 Å². The molecule has 1 unspecified atom stereocenters. The molecule has 1 aliphatic carbocycles. The Labute approximate surface area is 115 Å². The lowest BCUT2D eigenvalue weighted by molar-refractivity contribution is -0.0607. The molecule has 1 N–H and O–H groups in total. The third kappa shape index (κ3) is 4.27. The molecule has 18 heavy (non-hydrogen) atoms. The van der Waals surface area contributed by atoms with Crippen molar-refractivity contribution in [3.8, 4) is 0 Å². The summed E-state index contributed by atoms with van der Waals surface area (Å²) in [6.07, 6.45) is 2.58. The maximum Gasteiger partial charge on any atom is 0.0970 e. The van der Waals surface area contributed by atoms with Gasteiger partial charge in [-0.05, 0) is 39.7 Å². The summed E-state index contributed by atoms with van der Waals surface area (Å²) in [4.78, 5) is 0. The van der Waals surface area contributed by atoms with Gasteiger partial charge in [-0.1, -0.05) is 29.8 Å². The molecule has 1 atom stereocenters. The summed E-state index contributed by atoms with van der Waals surface area (Å²) in [7, 11) is 0. The van der Waals surface area contributed by atoms with Crippen molar-refractivity contribution in [2.24, 2.45) is 0 Å². The Morgan fingerprint density at radius 1 is 1.33 bits per heavy atom.